The lowest BCUT2D eigenvalue weighted by Gasteiger charge is -2.29. The van der Waals surface area contributed by atoms with Crippen molar-refractivity contribution in [2.45, 2.75) is 77.2 Å². The van der Waals surface area contributed by atoms with E-state index in [9.17, 15) is 13.6 Å². The van der Waals surface area contributed by atoms with E-state index in [1.54, 1.807) is 24.3 Å². The minimum Gasteiger partial charge on any atom is -0.491 e. The molecule has 0 aliphatic heterocycles. The Bertz CT molecular complexity index is 1230. The van der Waals surface area contributed by atoms with Crippen LogP contribution in [0.1, 0.15) is 85.7 Å². The molecule has 1 fully saturated rings. The molecule has 1 aliphatic rings. The van der Waals surface area contributed by atoms with Gasteiger partial charge >= 0.3 is 5.97 Å². The summed E-state index contributed by atoms with van der Waals surface area (Å²) < 4.78 is 55.5. The molecular weight excluding hydrogens is 489 g/mol. The topological polar surface area (TPSA) is 35.5 Å². The zero-order valence-electron chi connectivity index (χ0n) is 22.1. The number of ether oxygens (including phenoxy) is 2. The van der Waals surface area contributed by atoms with Crippen molar-refractivity contribution >= 4 is 5.97 Å². The molecule has 1 saturated carbocycles. The van der Waals surface area contributed by atoms with Gasteiger partial charge in [0.2, 0.25) is 0 Å². The summed E-state index contributed by atoms with van der Waals surface area (Å²) in [7, 11) is 0. The molecule has 3 aromatic rings. The summed E-state index contributed by atoms with van der Waals surface area (Å²) in [6, 6.07) is 14.7. The largest absolute Gasteiger partial charge is 0.491 e. The van der Waals surface area contributed by atoms with Crippen molar-refractivity contribution in [2.24, 2.45) is 0 Å². The maximum atomic E-state index is 15.0. The van der Waals surface area contributed by atoms with E-state index in [1.165, 1.54) is 12.1 Å². The number of unbranched alkanes of at least 4 members (excludes halogenated alkanes) is 3. The third-order valence-corrected chi connectivity index (χ3v) is 7.29. The molecule has 0 aromatic heterocycles. The lowest BCUT2D eigenvalue weighted by Crippen LogP contribution is -2.24. The number of aryl methyl sites for hydroxylation is 1. The van der Waals surface area contributed by atoms with Crippen LogP contribution in [0.3, 0.4) is 0 Å². The average Bonchev–Trinajstić information content (AvgIpc) is 2.92. The van der Waals surface area contributed by atoms with Crippen molar-refractivity contribution in [3.8, 4) is 16.9 Å². The van der Waals surface area contributed by atoms with E-state index in [4.69, 9.17) is 9.47 Å². The van der Waals surface area contributed by atoms with E-state index in [1.807, 2.05) is 19.1 Å². The number of halogens is 3. The summed E-state index contributed by atoms with van der Waals surface area (Å²) >= 11 is 0. The summed E-state index contributed by atoms with van der Waals surface area (Å²) in [6.07, 6.45) is 5.95. The molecule has 6 heteroatoms. The Morgan fingerprint density at radius 2 is 1.61 bits per heavy atom. The maximum absolute atomic E-state index is 15.0. The summed E-state index contributed by atoms with van der Waals surface area (Å²) in [6.45, 7) is 4.50. The van der Waals surface area contributed by atoms with Crippen molar-refractivity contribution in [3.63, 3.8) is 0 Å². The van der Waals surface area contributed by atoms with Crippen LogP contribution in [0.25, 0.3) is 11.1 Å². The van der Waals surface area contributed by atoms with Crippen molar-refractivity contribution in [1.29, 1.82) is 0 Å². The molecule has 3 aromatic carbocycles. The number of carbonyl (C=O) groups is 1. The van der Waals surface area contributed by atoms with Gasteiger partial charge in [-0.15, -0.1) is 0 Å². The first kappa shape index (κ1) is 27.7. The second kappa shape index (κ2) is 13.0. The van der Waals surface area contributed by atoms with Crippen molar-refractivity contribution < 1.29 is 27.4 Å². The zero-order chi connectivity index (χ0) is 27.1. The van der Waals surface area contributed by atoms with E-state index in [0.717, 1.165) is 37.3 Å². The van der Waals surface area contributed by atoms with Crippen LogP contribution in [0.5, 0.6) is 5.75 Å². The first-order valence-electron chi connectivity index (χ1n) is 13.6. The molecule has 4 rings (SSSR count). The highest BCUT2D eigenvalue weighted by molar-refractivity contribution is 5.89. The Labute approximate surface area is 223 Å². The zero-order valence-corrected chi connectivity index (χ0v) is 22.1. The van der Waals surface area contributed by atoms with Gasteiger partial charge in [0.05, 0.1) is 12.2 Å². The van der Waals surface area contributed by atoms with Gasteiger partial charge in [0.15, 0.2) is 23.2 Å². The van der Waals surface area contributed by atoms with Crippen molar-refractivity contribution in [2.75, 3.05) is 6.61 Å². The summed E-state index contributed by atoms with van der Waals surface area (Å²) in [5, 5.41) is 0. The van der Waals surface area contributed by atoms with Crippen molar-refractivity contribution in [3.05, 3.63) is 88.7 Å². The third kappa shape index (κ3) is 6.77. The van der Waals surface area contributed by atoms with E-state index in [0.29, 0.717) is 43.4 Å². The molecule has 0 heterocycles. The highest BCUT2D eigenvalue weighted by Gasteiger charge is 2.28. The molecular formula is C32H35F3O3. The number of benzene rings is 3. The predicted octanol–water partition coefficient (Wildman–Crippen LogP) is 8.92. The van der Waals surface area contributed by atoms with Gasteiger partial charge in [-0.3, -0.25) is 0 Å². The average molecular weight is 525 g/mol. The summed E-state index contributed by atoms with van der Waals surface area (Å²) in [4.78, 5) is 12.6. The van der Waals surface area contributed by atoms with Crippen molar-refractivity contribution in [1.82, 2.24) is 0 Å². The second-order valence-corrected chi connectivity index (χ2v) is 10.1. The Morgan fingerprint density at radius 1 is 0.868 bits per heavy atom. The number of hydrogen-bond acceptors (Lipinski definition) is 3. The highest BCUT2D eigenvalue weighted by Crippen LogP contribution is 2.38. The van der Waals surface area contributed by atoms with Crippen LogP contribution in [0.2, 0.25) is 0 Å². The molecule has 38 heavy (non-hydrogen) atoms. The predicted molar refractivity (Wildman–Crippen MR) is 143 cm³/mol. The number of rotatable bonds is 10. The molecule has 0 atom stereocenters. The number of hydrogen-bond donors (Lipinski definition) is 0. The number of esters is 1. The van der Waals surface area contributed by atoms with Crippen LogP contribution in [0.4, 0.5) is 13.2 Å². The van der Waals surface area contributed by atoms with E-state index in [2.05, 4.69) is 6.92 Å². The molecule has 0 radical (unpaired) electrons. The fraction of sp³-hybridized carbons (Fsp3) is 0.406. The first-order chi connectivity index (χ1) is 18.4. The van der Waals surface area contributed by atoms with Crippen LogP contribution >= 0.6 is 0 Å². The first-order valence-corrected chi connectivity index (χ1v) is 13.6. The van der Waals surface area contributed by atoms with E-state index < -0.39 is 23.4 Å². The smallest absolute Gasteiger partial charge is 0.338 e. The SMILES string of the molecule is CCCCCCOc1ccc(C(=O)OC2CCC(c3ccc(-c4ccc(C)cc4)c(F)c3F)CC2)cc1F. The van der Waals surface area contributed by atoms with Gasteiger partial charge in [-0.25, -0.2) is 18.0 Å². The highest BCUT2D eigenvalue weighted by atomic mass is 19.2. The van der Waals surface area contributed by atoms with Crippen LogP contribution in [-0.4, -0.2) is 18.7 Å². The quantitative estimate of drug-likeness (QED) is 0.196. The normalized spacial score (nSPS) is 17.3. The van der Waals surface area contributed by atoms with Gasteiger partial charge in [-0.05, 0) is 74.3 Å². The lowest BCUT2D eigenvalue weighted by molar-refractivity contribution is 0.0193. The van der Waals surface area contributed by atoms with Gasteiger partial charge < -0.3 is 9.47 Å². The van der Waals surface area contributed by atoms with Gasteiger partial charge in [0.25, 0.3) is 0 Å². The maximum Gasteiger partial charge on any atom is 0.338 e. The molecule has 3 nitrogen and oxygen atoms in total. The Kier molecular flexibility index (Phi) is 9.48. The summed E-state index contributed by atoms with van der Waals surface area (Å²) in [5.41, 5.74) is 2.41. The van der Waals surface area contributed by atoms with Gasteiger partial charge in [-0.2, -0.15) is 0 Å². The minimum atomic E-state index is -0.838. The van der Waals surface area contributed by atoms with Crippen LogP contribution in [0, 0.1) is 24.4 Å². The molecule has 0 amide bonds. The Morgan fingerprint density at radius 3 is 2.29 bits per heavy atom. The van der Waals surface area contributed by atoms with Gasteiger partial charge in [0.1, 0.15) is 6.10 Å². The standard InChI is InChI=1S/C32H35F3O3/c1-3-4-5-6-19-37-29-18-13-24(20-28(29)33)32(36)38-25-14-11-23(12-15-25)27-17-16-26(30(34)31(27)35)22-9-7-21(2)8-10-22/h7-10,13,16-18,20,23,25H,3-6,11-12,14-15,19H2,1-2H3. The minimum absolute atomic E-state index is 0.126. The lowest BCUT2D eigenvalue weighted by atomic mass is 9.82. The Balaban J connectivity index is 1.31. The van der Waals surface area contributed by atoms with Crippen LogP contribution in [-0.2, 0) is 4.74 Å². The fourth-order valence-corrected chi connectivity index (χ4v) is 5.00. The molecule has 0 bridgehead atoms. The second-order valence-electron chi connectivity index (χ2n) is 10.1. The molecule has 0 spiro atoms. The van der Waals surface area contributed by atoms with Crippen LogP contribution in [0.15, 0.2) is 54.6 Å². The van der Waals surface area contributed by atoms with Gasteiger partial charge in [0, 0.05) is 5.56 Å². The molecule has 0 saturated heterocycles. The third-order valence-electron chi connectivity index (χ3n) is 7.29. The molecule has 202 valence electrons. The monoisotopic (exact) mass is 524 g/mol. The Hall–Kier alpha value is -3.28. The van der Waals surface area contributed by atoms with Crippen LogP contribution < -0.4 is 4.74 Å². The molecule has 1 aliphatic carbocycles. The number of carbonyl (C=O) groups excluding carboxylic acids is 1. The fourth-order valence-electron chi connectivity index (χ4n) is 5.00. The van der Waals surface area contributed by atoms with E-state index >= 15 is 4.39 Å². The molecule has 0 unspecified atom stereocenters. The molecule has 0 N–H and O–H groups in total. The summed E-state index contributed by atoms with van der Waals surface area (Å²) in [5.74, 6) is -2.87. The van der Waals surface area contributed by atoms with E-state index in [-0.39, 0.29) is 28.9 Å². The van der Waals surface area contributed by atoms with Gasteiger partial charge in [-0.1, -0.05) is 68.1 Å².